The summed E-state index contributed by atoms with van der Waals surface area (Å²) in [5.41, 5.74) is 4.87. The van der Waals surface area contributed by atoms with Gasteiger partial charge in [0, 0.05) is 94.5 Å². The highest BCUT2D eigenvalue weighted by Gasteiger charge is 2.44. The van der Waals surface area contributed by atoms with E-state index in [2.05, 4.69) is 40.8 Å². The zero-order chi connectivity index (χ0) is 50.1. The van der Waals surface area contributed by atoms with E-state index in [0.717, 1.165) is 45.4 Å². The summed E-state index contributed by atoms with van der Waals surface area (Å²) >= 11 is 3.19. The van der Waals surface area contributed by atoms with Gasteiger partial charge in [-0.1, -0.05) is 95.2 Å². The number of halogens is 3. The molecule has 3 N–H and O–H groups in total. The van der Waals surface area contributed by atoms with Gasteiger partial charge in [-0.25, -0.2) is 9.97 Å². The van der Waals surface area contributed by atoms with Crippen molar-refractivity contribution >= 4 is 40.8 Å². The molecule has 0 aliphatic carbocycles. The number of carbonyl (C=O) groups excluding carboxylic acids is 3. The maximum Gasteiger partial charge on any atom is 0.423 e. The molecule has 8 aromatic rings. The molecule has 2 aliphatic rings. The van der Waals surface area contributed by atoms with Gasteiger partial charge in [0.2, 0.25) is 24.0 Å². The van der Waals surface area contributed by atoms with Crippen molar-refractivity contribution in [3.8, 4) is 45.3 Å². The molecule has 2 aliphatic heterocycles. The van der Waals surface area contributed by atoms with Crippen LogP contribution in [0.4, 0.5) is 13.2 Å². The van der Waals surface area contributed by atoms with Crippen LogP contribution in [-0.4, -0.2) is 99.1 Å². The van der Waals surface area contributed by atoms with Crippen LogP contribution < -0.4 is 10.6 Å². The Kier molecular flexibility index (Phi) is 15.2. The van der Waals surface area contributed by atoms with Crippen LogP contribution in [0.1, 0.15) is 79.1 Å². The molecule has 2 amide bonds. The molecule has 16 nitrogen and oxygen atoms in total. The van der Waals surface area contributed by atoms with E-state index in [1.807, 2.05) is 66.0 Å². The first-order valence-corrected chi connectivity index (χ1v) is 24.5. The second-order valence-corrected chi connectivity index (χ2v) is 18.8. The lowest BCUT2D eigenvalue weighted by molar-refractivity contribution is -0.213. The zero-order valence-electron chi connectivity index (χ0n) is 38.2. The van der Waals surface area contributed by atoms with Crippen LogP contribution in [0.2, 0.25) is 0 Å². The van der Waals surface area contributed by atoms with Gasteiger partial charge in [-0.2, -0.15) is 23.1 Å². The summed E-state index contributed by atoms with van der Waals surface area (Å²) in [7, 11) is 0. The van der Waals surface area contributed by atoms with Gasteiger partial charge in [0.1, 0.15) is 10.0 Å². The fraction of sp³-hybridized carbons (Fsp3) is 0.275. The van der Waals surface area contributed by atoms with Crippen molar-refractivity contribution in [2.45, 2.75) is 48.8 Å². The molecular weight excluding hydrogens is 974 g/mol. The fourth-order valence-corrected chi connectivity index (χ4v) is 10.5. The molecule has 1 unspecified atom stereocenters. The molecule has 1 atom stereocenters. The van der Waals surface area contributed by atoms with Crippen LogP contribution in [-0.2, 0) is 20.3 Å². The molecular formula is C51H45F3N8O8S2. The molecule has 6 heterocycles. The number of aromatic nitrogens is 6. The summed E-state index contributed by atoms with van der Waals surface area (Å²) in [6.07, 6.45) is -4.38. The number of thiazole rings is 2. The predicted molar refractivity (Wildman–Crippen MR) is 259 cm³/mol. The van der Waals surface area contributed by atoms with E-state index in [9.17, 15) is 32.7 Å². The fourth-order valence-electron chi connectivity index (χ4n) is 8.28. The van der Waals surface area contributed by atoms with Crippen molar-refractivity contribution in [3.63, 3.8) is 0 Å². The number of carbonyl (C=O) groups is 3. The molecule has 10 rings (SSSR count). The number of rotatable bonds is 14. The Hall–Kier alpha value is -7.30. The zero-order valence-corrected chi connectivity index (χ0v) is 39.8. The largest absolute Gasteiger partial charge is 0.423 e. The average molecular weight is 1020 g/mol. The van der Waals surface area contributed by atoms with Crippen LogP contribution in [0.5, 0.6) is 0 Å². The summed E-state index contributed by atoms with van der Waals surface area (Å²) in [5.74, 6) is -1.56. The van der Waals surface area contributed by atoms with Gasteiger partial charge in [-0.15, -0.1) is 22.7 Å². The Morgan fingerprint density at radius 2 is 1.07 bits per heavy atom. The van der Waals surface area contributed by atoms with Crippen molar-refractivity contribution in [3.05, 3.63) is 153 Å². The van der Waals surface area contributed by atoms with Gasteiger partial charge < -0.3 is 34.3 Å². The van der Waals surface area contributed by atoms with Gasteiger partial charge >= 0.3 is 6.18 Å². The highest BCUT2D eigenvalue weighted by Crippen LogP contribution is 2.40. The van der Waals surface area contributed by atoms with E-state index in [1.54, 1.807) is 59.1 Å². The lowest BCUT2D eigenvalue weighted by Crippen LogP contribution is -2.44. The maximum atomic E-state index is 13.1. The minimum absolute atomic E-state index is 0.107. The molecule has 2 saturated heterocycles. The third-order valence-corrected chi connectivity index (χ3v) is 14.6. The van der Waals surface area contributed by atoms with Gasteiger partial charge in [0.25, 0.3) is 23.6 Å². The molecule has 0 spiro atoms. The van der Waals surface area contributed by atoms with Crippen molar-refractivity contribution in [2.24, 2.45) is 0 Å². The Bertz CT molecular complexity index is 3110. The SMILES string of the molecule is O=C(NCC1(c2nc(-c3ccccc3)cs2)CCOCC1)c1cccc(-c2noc(C(O)C(F)(F)F)n2)c1.O=Cc1nc(-c2cccc(C(=O)NCC3(c4nc(-c5ccccc5)cs4)CCOCC3)c2)no1. The lowest BCUT2D eigenvalue weighted by atomic mass is 9.80. The van der Waals surface area contributed by atoms with Crippen molar-refractivity contribution < 1.29 is 51.2 Å². The Morgan fingerprint density at radius 3 is 1.51 bits per heavy atom. The Labute approximate surface area is 417 Å². The van der Waals surface area contributed by atoms with Crippen molar-refractivity contribution in [1.82, 2.24) is 40.9 Å². The van der Waals surface area contributed by atoms with Crippen LogP contribution in [0.25, 0.3) is 45.3 Å². The summed E-state index contributed by atoms with van der Waals surface area (Å²) in [4.78, 5) is 54.5. The van der Waals surface area contributed by atoms with Crippen LogP contribution >= 0.6 is 22.7 Å². The smallest absolute Gasteiger partial charge is 0.381 e. The van der Waals surface area contributed by atoms with Gasteiger partial charge in [-0.3, -0.25) is 14.4 Å². The monoisotopic (exact) mass is 1020 g/mol. The predicted octanol–water partition coefficient (Wildman–Crippen LogP) is 9.08. The number of ether oxygens (including phenoxy) is 2. The third kappa shape index (κ3) is 11.4. The molecule has 0 radical (unpaired) electrons. The van der Waals surface area contributed by atoms with E-state index in [-0.39, 0.29) is 51.3 Å². The Balaban J connectivity index is 0.000000179. The number of aldehydes is 1. The van der Waals surface area contributed by atoms with Gasteiger partial charge in [0.05, 0.1) is 11.4 Å². The number of aliphatic hydroxyl groups excluding tert-OH is 1. The number of amides is 2. The van der Waals surface area contributed by atoms with Crippen molar-refractivity contribution in [1.29, 1.82) is 0 Å². The first-order valence-electron chi connectivity index (χ1n) is 22.7. The van der Waals surface area contributed by atoms with Crippen LogP contribution in [0.15, 0.2) is 129 Å². The number of hydrogen-bond acceptors (Lipinski definition) is 16. The molecule has 72 heavy (non-hydrogen) atoms. The molecule has 0 saturated carbocycles. The van der Waals surface area contributed by atoms with E-state index in [1.165, 1.54) is 12.1 Å². The molecule has 2 fully saturated rings. The highest BCUT2D eigenvalue weighted by atomic mass is 32.1. The van der Waals surface area contributed by atoms with Crippen LogP contribution in [0, 0.1) is 0 Å². The first kappa shape index (κ1) is 49.7. The van der Waals surface area contributed by atoms with E-state index >= 15 is 0 Å². The highest BCUT2D eigenvalue weighted by molar-refractivity contribution is 7.10. The standard InChI is InChI=1S/C26H23F3N4O4S.C25H22N4O4S/c27-26(28,29)20(34)23-32-21(33-37-23)17-7-4-8-18(13-17)22(35)30-15-25(9-11-36-12-10-25)24-31-19(14-38-24)16-5-2-1-3-6-16;30-14-21-28-22(29-33-21)18-7-4-8-19(13-18)23(31)26-16-25(9-11-32-12-10-25)24-27-20(15-34-24)17-5-2-1-3-6-17/h1-8,13-14,20,34H,9-12,15H2,(H,30,35);1-8,13-15H,9-12,16H2,(H,26,31). The van der Waals surface area contributed by atoms with E-state index in [0.29, 0.717) is 69.8 Å². The minimum Gasteiger partial charge on any atom is -0.381 e. The molecule has 21 heteroatoms. The second kappa shape index (κ2) is 22.0. The maximum absolute atomic E-state index is 13.1. The normalized spacial score (nSPS) is 15.7. The third-order valence-electron chi connectivity index (χ3n) is 12.4. The number of alkyl halides is 3. The molecule has 4 aromatic carbocycles. The van der Waals surface area contributed by atoms with Gasteiger partial charge in [-0.05, 0) is 49.9 Å². The van der Waals surface area contributed by atoms with Gasteiger partial charge in [0.15, 0.2) is 0 Å². The number of nitrogens with one attached hydrogen (secondary N) is 2. The average Bonchev–Trinajstić information content (AvgIpc) is 4.29. The van der Waals surface area contributed by atoms with Crippen molar-refractivity contribution in [2.75, 3.05) is 39.5 Å². The lowest BCUT2D eigenvalue weighted by Gasteiger charge is -2.35. The van der Waals surface area contributed by atoms with Crippen LogP contribution in [0.3, 0.4) is 0 Å². The van der Waals surface area contributed by atoms with E-state index in [4.69, 9.17) is 24.0 Å². The summed E-state index contributed by atoms with van der Waals surface area (Å²) in [5, 5.41) is 28.8. The number of benzene rings is 4. The Morgan fingerprint density at radius 1 is 0.625 bits per heavy atom. The summed E-state index contributed by atoms with van der Waals surface area (Å²) in [6, 6.07) is 33.0. The topological polar surface area (TPSA) is 218 Å². The number of hydrogen-bond donors (Lipinski definition) is 3. The quantitative estimate of drug-likeness (QED) is 0.0866. The summed E-state index contributed by atoms with van der Waals surface area (Å²) in [6.45, 7) is 3.15. The van der Waals surface area contributed by atoms with E-state index < -0.39 is 18.2 Å². The molecule has 4 aromatic heterocycles. The summed E-state index contributed by atoms with van der Waals surface area (Å²) < 4.78 is 58.9. The minimum atomic E-state index is -4.94. The first-order chi connectivity index (χ1) is 34.9. The molecule has 370 valence electrons. The second-order valence-electron chi connectivity index (χ2n) is 17.1. The number of aliphatic hydroxyl groups is 1. The molecule has 0 bridgehead atoms. The number of nitrogens with zero attached hydrogens (tertiary/aromatic N) is 6.